The summed E-state index contributed by atoms with van der Waals surface area (Å²) >= 11 is 0. The van der Waals surface area contributed by atoms with Gasteiger partial charge < -0.3 is 0 Å². The second-order valence-electron chi connectivity index (χ2n) is 3.96. The van der Waals surface area contributed by atoms with Crippen LogP contribution in [0.25, 0.3) is 17.0 Å². The van der Waals surface area contributed by atoms with Crippen molar-refractivity contribution in [2.75, 3.05) is 0 Å². The van der Waals surface area contributed by atoms with E-state index in [1.54, 1.807) is 12.1 Å². The van der Waals surface area contributed by atoms with Gasteiger partial charge in [0.2, 0.25) is 0 Å². The second-order valence-corrected chi connectivity index (χ2v) is 3.96. The fraction of sp³-hybridized carbons (Fsp3) is 0.0769. The molecular weight excluding hydrogens is 217 g/mol. The lowest BCUT2D eigenvalue weighted by atomic mass is 10.2. The van der Waals surface area contributed by atoms with Gasteiger partial charge in [0.15, 0.2) is 11.5 Å². The molecule has 0 atom stereocenters. The lowest BCUT2D eigenvalue weighted by Gasteiger charge is -2.00. The van der Waals surface area contributed by atoms with Gasteiger partial charge in [0.25, 0.3) is 0 Å². The van der Waals surface area contributed by atoms with Crippen LogP contribution in [0.1, 0.15) is 5.56 Å². The molecule has 0 unspecified atom stereocenters. The molecule has 3 nitrogen and oxygen atoms in total. The number of nitrogens with zero attached hydrogens (tertiary/aromatic N) is 3. The number of rotatable bonds is 1. The van der Waals surface area contributed by atoms with E-state index in [1.807, 2.05) is 29.7 Å². The van der Waals surface area contributed by atoms with Gasteiger partial charge in [-0.3, -0.25) is 4.40 Å². The standard InChI is InChI=1S/C13H10FN3/c1-9-6-7-17-12(8-9)15-16-13(17)10-2-4-11(14)5-3-10/h2-8H,1H3. The first-order chi connectivity index (χ1) is 8.24. The number of halogens is 1. The number of aryl methyl sites for hydroxylation is 1. The van der Waals surface area contributed by atoms with Crippen LogP contribution in [-0.2, 0) is 0 Å². The SMILES string of the molecule is Cc1ccn2c(-c3ccc(F)cc3)nnc2c1. The monoisotopic (exact) mass is 227 g/mol. The fourth-order valence-corrected chi connectivity index (χ4v) is 1.79. The van der Waals surface area contributed by atoms with E-state index in [2.05, 4.69) is 10.2 Å². The molecule has 2 heterocycles. The number of aromatic nitrogens is 3. The Kier molecular flexibility index (Phi) is 2.14. The molecule has 0 saturated carbocycles. The minimum absolute atomic E-state index is 0.251. The van der Waals surface area contributed by atoms with Crippen LogP contribution in [0.5, 0.6) is 0 Å². The molecule has 0 spiro atoms. The minimum atomic E-state index is -0.251. The third kappa shape index (κ3) is 1.67. The van der Waals surface area contributed by atoms with E-state index in [0.29, 0.717) is 0 Å². The van der Waals surface area contributed by atoms with Crippen molar-refractivity contribution in [2.45, 2.75) is 6.92 Å². The largest absolute Gasteiger partial charge is 0.282 e. The molecule has 2 aromatic heterocycles. The normalized spacial score (nSPS) is 10.9. The zero-order chi connectivity index (χ0) is 11.8. The maximum absolute atomic E-state index is 12.9. The Morgan fingerprint density at radius 3 is 2.59 bits per heavy atom. The summed E-state index contributed by atoms with van der Waals surface area (Å²) in [6.07, 6.45) is 1.92. The molecule has 17 heavy (non-hydrogen) atoms. The Morgan fingerprint density at radius 2 is 1.82 bits per heavy atom. The van der Waals surface area contributed by atoms with Gasteiger partial charge >= 0.3 is 0 Å². The first-order valence-corrected chi connectivity index (χ1v) is 5.31. The van der Waals surface area contributed by atoms with Gasteiger partial charge in [-0.15, -0.1) is 10.2 Å². The molecule has 0 aliphatic rings. The molecule has 0 radical (unpaired) electrons. The van der Waals surface area contributed by atoms with E-state index in [9.17, 15) is 4.39 Å². The van der Waals surface area contributed by atoms with Crippen LogP contribution in [0.15, 0.2) is 42.6 Å². The fourth-order valence-electron chi connectivity index (χ4n) is 1.79. The zero-order valence-electron chi connectivity index (χ0n) is 9.26. The van der Waals surface area contributed by atoms with Crippen molar-refractivity contribution in [3.8, 4) is 11.4 Å². The highest BCUT2D eigenvalue weighted by molar-refractivity contribution is 5.59. The van der Waals surface area contributed by atoms with Crippen LogP contribution in [0.4, 0.5) is 4.39 Å². The van der Waals surface area contributed by atoms with Crippen molar-refractivity contribution < 1.29 is 4.39 Å². The van der Waals surface area contributed by atoms with Gasteiger partial charge in [0.1, 0.15) is 5.82 Å². The number of benzene rings is 1. The highest BCUT2D eigenvalue weighted by Crippen LogP contribution is 2.18. The highest BCUT2D eigenvalue weighted by atomic mass is 19.1. The summed E-state index contributed by atoms with van der Waals surface area (Å²) in [4.78, 5) is 0. The van der Waals surface area contributed by atoms with E-state index in [-0.39, 0.29) is 5.82 Å². The Balaban J connectivity index is 2.21. The predicted octanol–water partition coefficient (Wildman–Crippen LogP) is 2.84. The van der Waals surface area contributed by atoms with E-state index in [1.165, 1.54) is 12.1 Å². The smallest absolute Gasteiger partial charge is 0.168 e. The van der Waals surface area contributed by atoms with Crippen LogP contribution < -0.4 is 0 Å². The van der Waals surface area contributed by atoms with Gasteiger partial charge in [0.05, 0.1) is 0 Å². The quantitative estimate of drug-likeness (QED) is 0.640. The van der Waals surface area contributed by atoms with Crippen molar-refractivity contribution in [3.05, 3.63) is 54.0 Å². The van der Waals surface area contributed by atoms with Crippen molar-refractivity contribution in [3.63, 3.8) is 0 Å². The molecule has 0 fully saturated rings. The van der Waals surface area contributed by atoms with Crippen molar-refractivity contribution >= 4 is 5.65 Å². The third-order valence-electron chi connectivity index (χ3n) is 2.67. The maximum atomic E-state index is 12.9. The average Bonchev–Trinajstić information content (AvgIpc) is 2.73. The Hall–Kier alpha value is -2.23. The van der Waals surface area contributed by atoms with Gasteiger partial charge in [0, 0.05) is 11.8 Å². The summed E-state index contributed by atoms with van der Waals surface area (Å²) < 4.78 is 14.7. The Bertz CT molecular complexity index is 671. The molecule has 0 saturated heterocycles. The lowest BCUT2D eigenvalue weighted by molar-refractivity contribution is 0.628. The summed E-state index contributed by atoms with van der Waals surface area (Å²) in [6.45, 7) is 2.01. The van der Waals surface area contributed by atoms with Crippen LogP contribution in [0.2, 0.25) is 0 Å². The molecule has 1 aromatic carbocycles. The summed E-state index contributed by atoms with van der Waals surface area (Å²) in [5.74, 6) is 0.471. The summed E-state index contributed by atoms with van der Waals surface area (Å²) in [7, 11) is 0. The van der Waals surface area contributed by atoms with Gasteiger partial charge in [-0.2, -0.15) is 0 Å². The van der Waals surface area contributed by atoms with E-state index < -0.39 is 0 Å². The molecule has 0 amide bonds. The molecule has 4 heteroatoms. The molecule has 3 rings (SSSR count). The molecule has 0 aliphatic carbocycles. The molecule has 84 valence electrons. The minimum Gasteiger partial charge on any atom is -0.282 e. The lowest BCUT2D eigenvalue weighted by Crippen LogP contribution is -1.89. The van der Waals surface area contributed by atoms with Crippen molar-refractivity contribution in [2.24, 2.45) is 0 Å². The van der Waals surface area contributed by atoms with E-state index in [0.717, 1.165) is 22.6 Å². The Labute approximate surface area is 97.5 Å². The van der Waals surface area contributed by atoms with Gasteiger partial charge in [-0.1, -0.05) is 0 Å². The first-order valence-electron chi connectivity index (χ1n) is 5.31. The summed E-state index contributed by atoms with van der Waals surface area (Å²) in [5.41, 5.74) is 2.78. The van der Waals surface area contributed by atoms with E-state index in [4.69, 9.17) is 0 Å². The molecule has 0 bridgehead atoms. The number of fused-ring (bicyclic) bond motifs is 1. The van der Waals surface area contributed by atoms with Crippen LogP contribution >= 0.6 is 0 Å². The van der Waals surface area contributed by atoms with Crippen molar-refractivity contribution in [1.29, 1.82) is 0 Å². The van der Waals surface area contributed by atoms with Crippen molar-refractivity contribution in [1.82, 2.24) is 14.6 Å². The summed E-state index contributed by atoms with van der Waals surface area (Å²) in [5, 5.41) is 8.22. The van der Waals surface area contributed by atoms with Crippen LogP contribution in [0.3, 0.4) is 0 Å². The maximum Gasteiger partial charge on any atom is 0.168 e. The average molecular weight is 227 g/mol. The van der Waals surface area contributed by atoms with Gasteiger partial charge in [-0.05, 0) is 48.9 Å². The third-order valence-corrected chi connectivity index (χ3v) is 2.67. The Morgan fingerprint density at radius 1 is 1.06 bits per heavy atom. The number of pyridine rings is 1. The number of hydrogen-bond donors (Lipinski definition) is 0. The topological polar surface area (TPSA) is 30.2 Å². The molecule has 3 aromatic rings. The van der Waals surface area contributed by atoms with E-state index >= 15 is 0 Å². The molecule has 0 N–H and O–H groups in total. The zero-order valence-corrected chi connectivity index (χ0v) is 9.26. The van der Waals surface area contributed by atoms with Crippen LogP contribution in [0, 0.1) is 12.7 Å². The van der Waals surface area contributed by atoms with Crippen LogP contribution in [-0.4, -0.2) is 14.6 Å². The predicted molar refractivity (Wildman–Crippen MR) is 63.1 cm³/mol. The molecule has 0 aliphatic heterocycles. The highest BCUT2D eigenvalue weighted by Gasteiger charge is 2.07. The summed E-state index contributed by atoms with van der Waals surface area (Å²) in [6, 6.07) is 10.2. The number of hydrogen-bond acceptors (Lipinski definition) is 2. The first kappa shape index (κ1) is 9.96. The second kappa shape index (κ2) is 3.66. The molecular formula is C13H10FN3. The van der Waals surface area contributed by atoms with Gasteiger partial charge in [-0.25, -0.2) is 4.39 Å².